The standard InChI is InChI=1S/C16H22N2O4/c1-4-22-16(21)11-14(19)17-13-8-5-12(6-9-13)7-10-15(20)18(2)3/h5-6,8-9H,4,7,10-11H2,1-3H3,(H,17,19). The van der Waals surface area contributed by atoms with Crippen molar-refractivity contribution < 1.29 is 19.1 Å². The Morgan fingerprint density at radius 2 is 1.77 bits per heavy atom. The van der Waals surface area contributed by atoms with E-state index < -0.39 is 11.9 Å². The smallest absolute Gasteiger partial charge is 0.315 e. The lowest BCUT2D eigenvalue weighted by Gasteiger charge is -2.10. The highest BCUT2D eigenvalue weighted by atomic mass is 16.5. The van der Waals surface area contributed by atoms with E-state index in [1.54, 1.807) is 38.1 Å². The largest absolute Gasteiger partial charge is 0.466 e. The van der Waals surface area contributed by atoms with Gasteiger partial charge in [0.1, 0.15) is 6.42 Å². The molecule has 1 rings (SSSR count). The van der Waals surface area contributed by atoms with Gasteiger partial charge in [0.25, 0.3) is 0 Å². The summed E-state index contributed by atoms with van der Waals surface area (Å²) >= 11 is 0. The van der Waals surface area contributed by atoms with E-state index >= 15 is 0 Å². The summed E-state index contributed by atoms with van der Waals surface area (Å²) in [5.41, 5.74) is 1.62. The Morgan fingerprint density at radius 1 is 1.14 bits per heavy atom. The van der Waals surface area contributed by atoms with Gasteiger partial charge in [0.15, 0.2) is 0 Å². The van der Waals surface area contributed by atoms with Crippen LogP contribution in [0.3, 0.4) is 0 Å². The second kappa shape index (κ2) is 8.81. The van der Waals surface area contributed by atoms with Crippen LogP contribution in [0.15, 0.2) is 24.3 Å². The molecule has 0 radical (unpaired) electrons. The minimum atomic E-state index is -0.543. The Bertz CT molecular complexity index is 523. The molecule has 0 unspecified atom stereocenters. The molecule has 0 spiro atoms. The van der Waals surface area contributed by atoms with Gasteiger partial charge in [0, 0.05) is 26.2 Å². The van der Waals surface area contributed by atoms with Gasteiger partial charge in [0.2, 0.25) is 11.8 Å². The molecule has 0 saturated carbocycles. The molecule has 22 heavy (non-hydrogen) atoms. The predicted octanol–water partition coefficient (Wildman–Crippen LogP) is 1.60. The van der Waals surface area contributed by atoms with Crippen LogP contribution in [0, 0.1) is 0 Å². The number of benzene rings is 1. The number of rotatable bonds is 7. The van der Waals surface area contributed by atoms with Crippen molar-refractivity contribution in [2.45, 2.75) is 26.2 Å². The molecule has 0 aliphatic rings. The van der Waals surface area contributed by atoms with Crippen LogP contribution in [-0.4, -0.2) is 43.4 Å². The summed E-state index contributed by atoms with van der Waals surface area (Å²) in [6, 6.07) is 7.20. The third-order valence-electron chi connectivity index (χ3n) is 2.97. The van der Waals surface area contributed by atoms with E-state index in [9.17, 15) is 14.4 Å². The van der Waals surface area contributed by atoms with Crippen LogP contribution in [0.2, 0.25) is 0 Å². The molecule has 0 heterocycles. The van der Waals surface area contributed by atoms with Gasteiger partial charge in [-0.05, 0) is 31.0 Å². The Kier molecular flexibility index (Phi) is 7.08. The Balaban J connectivity index is 2.46. The molecule has 1 aromatic rings. The van der Waals surface area contributed by atoms with Gasteiger partial charge in [-0.2, -0.15) is 0 Å². The average Bonchev–Trinajstić information content (AvgIpc) is 2.46. The molecule has 1 N–H and O–H groups in total. The maximum absolute atomic E-state index is 11.6. The predicted molar refractivity (Wildman–Crippen MR) is 83.3 cm³/mol. The summed E-state index contributed by atoms with van der Waals surface area (Å²) in [6.07, 6.45) is 0.794. The van der Waals surface area contributed by atoms with Crippen molar-refractivity contribution in [3.8, 4) is 0 Å². The molecule has 6 heteroatoms. The first-order valence-electron chi connectivity index (χ1n) is 7.17. The molecule has 1 aromatic carbocycles. The molecule has 120 valence electrons. The van der Waals surface area contributed by atoms with Gasteiger partial charge >= 0.3 is 5.97 Å². The summed E-state index contributed by atoms with van der Waals surface area (Å²) in [5.74, 6) is -0.875. The zero-order valence-electron chi connectivity index (χ0n) is 13.2. The van der Waals surface area contributed by atoms with E-state index in [0.717, 1.165) is 5.56 Å². The highest BCUT2D eigenvalue weighted by Gasteiger charge is 2.10. The normalized spacial score (nSPS) is 9.95. The summed E-state index contributed by atoms with van der Waals surface area (Å²) in [7, 11) is 3.45. The summed E-state index contributed by atoms with van der Waals surface area (Å²) < 4.78 is 4.71. The third kappa shape index (κ3) is 6.39. The zero-order valence-corrected chi connectivity index (χ0v) is 13.2. The zero-order chi connectivity index (χ0) is 16.5. The lowest BCUT2D eigenvalue weighted by atomic mass is 10.1. The highest BCUT2D eigenvalue weighted by Crippen LogP contribution is 2.12. The Morgan fingerprint density at radius 3 is 2.32 bits per heavy atom. The van der Waals surface area contributed by atoms with E-state index in [-0.39, 0.29) is 18.9 Å². The second-order valence-corrected chi connectivity index (χ2v) is 5.02. The number of hydrogen-bond donors (Lipinski definition) is 1. The minimum Gasteiger partial charge on any atom is -0.466 e. The van der Waals surface area contributed by atoms with Gasteiger partial charge in [0.05, 0.1) is 6.61 Å². The third-order valence-corrected chi connectivity index (χ3v) is 2.97. The molecule has 0 aromatic heterocycles. The molecule has 6 nitrogen and oxygen atoms in total. The molecule has 0 aliphatic carbocycles. The number of nitrogens with one attached hydrogen (secondary N) is 1. The maximum Gasteiger partial charge on any atom is 0.315 e. The first-order chi connectivity index (χ1) is 10.4. The fourth-order valence-electron chi connectivity index (χ4n) is 1.78. The molecular formula is C16H22N2O4. The van der Waals surface area contributed by atoms with Crippen molar-refractivity contribution in [2.24, 2.45) is 0 Å². The lowest BCUT2D eigenvalue weighted by molar-refractivity contribution is -0.145. The fraction of sp³-hybridized carbons (Fsp3) is 0.438. The number of esters is 1. The van der Waals surface area contributed by atoms with Crippen LogP contribution in [0.4, 0.5) is 5.69 Å². The number of amides is 2. The second-order valence-electron chi connectivity index (χ2n) is 5.02. The van der Waals surface area contributed by atoms with Crippen molar-refractivity contribution in [3.63, 3.8) is 0 Å². The van der Waals surface area contributed by atoms with Crippen LogP contribution < -0.4 is 5.32 Å². The number of aryl methyl sites for hydroxylation is 1. The van der Waals surface area contributed by atoms with Crippen molar-refractivity contribution in [1.29, 1.82) is 0 Å². The van der Waals surface area contributed by atoms with E-state index in [4.69, 9.17) is 4.74 Å². The van der Waals surface area contributed by atoms with Gasteiger partial charge in [-0.15, -0.1) is 0 Å². The van der Waals surface area contributed by atoms with Gasteiger partial charge in [-0.1, -0.05) is 12.1 Å². The van der Waals surface area contributed by atoms with E-state index in [2.05, 4.69) is 5.32 Å². The number of ether oxygens (including phenoxy) is 1. The minimum absolute atomic E-state index is 0.0758. The van der Waals surface area contributed by atoms with Crippen LogP contribution in [0.25, 0.3) is 0 Å². The number of anilines is 1. The number of carbonyl (C=O) groups is 3. The molecule has 0 fully saturated rings. The van der Waals surface area contributed by atoms with Crippen molar-refractivity contribution in [1.82, 2.24) is 4.90 Å². The molecule has 0 aliphatic heterocycles. The number of carbonyl (C=O) groups excluding carboxylic acids is 3. The van der Waals surface area contributed by atoms with E-state index in [0.29, 0.717) is 18.5 Å². The van der Waals surface area contributed by atoms with Crippen LogP contribution in [0.1, 0.15) is 25.3 Å². The van der Waals surface area contributed by atoms with Gasteiger partial charge in [-0.25, -0.2) is 0 Å². The number of hydrogen-bond acceptors (Lipinski definition) is 4. The van der Waals surface area contributed by atoms with Gasteiger partial charge in [-0.3, -0.25) is 14.4 Å². The highest BCUT2D eigenvalue weighted by molar-refractivity contribution is 6.01. The van der Waals surface area contributed by atoms with Gasteiger partial charge < -0.3 is 15.0 Å². The SMILES string of the molecule is CCOC(=O)CC(=O)Nc1ccc(CCC(=O)N(C)C)cc1. The summed E-state index contributed by atoms with van der Waals surface area (Å²) in [6.45, 7) is 1.95. The summed E-state index contributed by atoms with van der Waals surface area (Å²) in [4.78, 5) is 35.9. The van der Waals surface area contributed by atoms with Crippen LogP contribution >= 0.6 is 0 Å². The van der Waals surface area contributed by atoms with E-state index in [1.165, 1.54) is 0 Å². The topological polar surface area (TPSA) is 75.7 Å². The Hall–Kier alpha value is -2.37. The summed E-state index contributed by atoms with van der Waals surface area (Å²) in [5, 5.41) is 2.63. The number of nitrogens with zero attached hydrogens (tertiary/aromatic N) is 1. The molecule has 0 bridgehead atoms. The molecular weight excluding hydrogens is 284 g/mol. The van der Waals surface area contributed by atoms with Crippen molar-refractivity contribution in [3.05, 3.63) is 29.8 Å². The monoisotopic (exact) mass is 306 g/mol. The first kappa shape index (κ1) is 17.7. The van der Waals surface area contributed by atoms with Crippen molar-refractivity contribution in [2.75, 3.05) is 26.0 Å². The molecule has 0 saturated heterocycles. The van der Waals surface area contributed by atoms with Crippen molar-refractivity contribution >= 4 is 23.5 Å². The van der Waals surface area contributed by atoms with Crippen LogP contribution in [0.5, 0.6) is 0 Å². The first-order valence-corrected chi connectivity index (χ1v) is 7.17. The van der Waals surface area contributed by atoms with E-state index in [1.807, 2.05) is 12.1 Å². The lowest BCUT2D eigenvalue weighted by Crippen LogP contribution is -2.21. The van der Waals surface area contributed by atoms with Crippen LogP contribution in [-0.2, 0) is 25.5 Å². The molecule has 0 atom stereocenters. The Labute approximate surface area is 130 Å². The quantitative estimate of drug-likeness (QED) is 0.613. The molecule has 2 amide bonds. The maximum atomic E-state index is 11.6. The fourth-order valence-corrected chi connectivity index (χ4v) is 1.78. The average molecular weight is 306 g/mol.